The normalized spacial score (nSPS) is 11.6. The summed E-state index contributed by atoms with van der Waals surface area (Å²) in [6, 6.07) is 15.2. The Balaban J connectivity index is 0.00000176. The van der Waals surface area contributed by atoms with E-state index < -0.39 is 0 Å². The minimum atomic E-state index is -0.333. The fraction of sp³-hybridized carbons (Fsp3) is 0.0625. The molecule has 1 aliphatic rings. The van der Waals surface area contributed by atoms with Gasteiger partial charge in [-0.05, 0) is 47.7 Å². The molecule has 6 heteroatoms. The fourth-order valence-corrected chi connectivity index (χ4v) is 2.38. The summed E-state index contributed by atoms with van der Waals surface area (Å²) in [5.41, 5.74) is 3.74. The van der Waals surface area contributed by atoms with Gasteiger partial charge in [0.25, 0.3) is 5.96 Å². The van der Waals surface area contributed by atoms with Gasteiger partial charge in [0.15, 0.2) is 0 Å². The van der Waals surface area contributed by atoms with E-state index in [2.05, 4.69) is 10.5 Å². The molecule has 0 spiro atoms. The number of hydrogen-bond acceptors (Lipinski definition) is 3. The number of nitrogens with zero attached hydrogens (tertiary/aromatic N) is 2. The van der Waals surface area contributed by atoms with Gasteiger partial charge in [-0.25, -0.2) is 0 Å². The van der Waals surface area contributed by atoms with Gasteiger partial charge >= 0.3 is 0 Å². The Morgan fingerprint density at radius 3 is 2.64 bits per heavy atom. The quantitative estimate of drug-likeness (QED) is 0.499. The fourth-order valence-electron chi connectivity index (χ4n) is 2.38. The van der Waals surface area contributed by atoms with Crippen molar-refractivity contribution in [3.05, 3.63) is 70.8 Å². The zero-order valence-corrected chi connectivity index (χ0v) is 12.5. The second kappa shape index (κ2) is 6.87. The van der Waals surface area contributed by atoms with E-state index in [0.717, 1.165) is 29.0 Å². The van der Waals surface area contributed by atoms with Gasteiger partial charge in [-0.1, -0.05) is 24.3 Å². The number of guanidine groups is 1. The van der Waals surface area contributed by atoms with Crippen molar-refractivity contribution in [2.75, 3.05) is 4.90 Å². The summed E-state index contributed by atoms with van der Waals surface area (Å²) in [5, 5.41) is 13.8. The first-order valence-electron chi connectivity index (χ1n) is 6.59. The molecule has 22 heavy (non-hydrogen) atoms. The molecule has 0 unspecified atom stereocenters. The van der Waals surface area contributed by atoms with Crippen molar-refractivity contribution in [1.82, 2.24) is 5.32 Å². The molecule has 3 rings (SSSR count). The van der Waals surface area contributed by atoms with Crippen LogP contribution in [-0.2, 0) is 6.54 Å². The van der Waals surface area contributed by atoms with Gasteiger partial charge in [-0.2, -0.15) is 0 Å². The monoisotopic (exact) mass is 314 g/mol. The number of anilines is 2. The zero-order valence-electron chi connectivity index (χ0n) is 11.7. The van der Waals surface area contributed by atoms with Crippen LogP contribution < -0.4 is 10.2 Å². The maximum absolute atomic E-state index is 10.8. The van der Waals surface area contributed by atoms with Crippen LogP contribution in [0.2, 0.25) is 0 Å². The summed E-state index contributed by atoms with van der Waals surface area (Å²) in [7, 11) is 0. The lowest BCUT2D eigenvalue weighted by Gasteiger charge is -2.23. The highest BCUT2D eigenvalue weighted by atomic mass is 35.5. The molecule has 2 aromatic carbocycles. The molecular weight excluding hydrogens is 300 g/mol. The van der Waals surface area contributed by atoms with Crippen molar-refractivity contribution in [2.45, 2.75) is 6.54 Å². The minimum Gasteiger partial charge on any atom is -0.387 e. The first kappa shape index (κ1) is 15.7. The van der Waals surface area contributed by atoms with Gasteiger partial charge in [-0.3, -0.25) is 10.3 Å². The van der Waals surface area contributed by atoms with Crippen LogP contribution in [0.1, 0.15) is 11.1 Å². The Bertz CT molecular complexity index is 715. The summed E-state index contributed by atoms with van der Waals surface area (Å²) in [4.78, 5) is 12.4. The molecule has 1 heterocycles. The molecule has 0 aromatic heterocycles. The van der Waals surface area contributed by atoms with Crippen LogP contribution in [0.15, 0.2) is 59.9 Å². The first-order valence-corrected chi connectivity index (χ1v) is 6.59. The number of nitrogens with one attached hydrogen (secondary N) is 2. The van der Waals surface area contributed by atoms with Gasteiger partial charge in [-0.15, -0.1) is 17.3 Å². The lowest BCUT2D eigenvalue weighted by atomic mass is 10.0. The summed E-state index contributed by atoms with van der Waals surface area (Å²) in [5.74, 6) is -0.333. The van der Waals surface area contributed by atoms with Crippen LogP contribution in [0, 0.1) is 10.3 Å². The molecule has 5 nitrogen and oxygen atoms in total. The molecule has 1 aliphatic heterocycles. The van der Waals surface area contributed by atoms with E-state index in [4.69, 9.17) is 5.41 Å². The Morgan fingerprint density at radius 2 is 1.91 bits per heavy atom. The first-order chi connectivity index (χ1) is 10.3. The van der Waals surface area contributed by atoms with Crippen molar-refractivity contribution in [3.8, 4) is 0 Å². The zero-order chi connectivity index (χ0) is 14.7. The molecule has 0 saturated heterocycles. The molecular formula is C16H15ClN4O. The van der Waals surface area contributed by atoms with E-state index in [1.807, 2.05) is 60.8 Å². The van der Waals surface area contributed by atoms with Crippen molar-refractivity contribution >= 4 is 35.8 Å². The lowest BCUT2D eigenvalue weighted by molar-refractivity contribution is 0.858. The van der Waals surface area contributed by atoms with E-state index in [0.29, 0.717) is 0 Å². The highest BCUT2D eigenvalue weighted by Crippen LogP contribution is 2.29. The molecule has 0 atom stereocenters. The van der Waals surface area contributed by atoms with E-state index in [9.17, 15) is 4.91 Å². The van der Waals surface area contributed by atoms with Gasteiger partial charge in [0.05, 0.1) is 0 Å². The van der Waals surface area contributed by atoms with Crippen LogP contribution in [0.4, 0.5) is 11.4 Å². The van der Waals surface area contributed by atoms with Gasteiger partial charge in [0.2, 0.25) is 0 Å². The van der Waals surface area contributed by atoms with Crippen LogP contribution in [0.5, 0.6) is 0 Å². The summed E-state index contributed by atoms with van der Waals surface area (Å²) in [6.07, 6.45) is 3.91. The standard InChI is InChI=1S/C16H14N4O.ClH/c17-16(19-21)20(14-4-2-1-3-5-14)15-7-6-12-8-9-18-11-13(12)10-15;/h1-10,17-18H,11H2;1H. The number of nitroso groups, excluding NO2 is 1. The molecule has 112 valence electrons. The molecule has 0 amide bonds. The summed E-state index contributed by atoms with van der Waals surface area (Å²) in [6.45, 7) is 0.726. The number of rotatable bonds is 2. The van der Waals surface area contributed by atoms with E-state index in [1.54, 1.807) is 0 Å². The predicted molar refractivity (Wildman–Crippen MR) is 91.7 cm³/mol. The lowest BCUT2D eigenvalue weighted by Crippen LogP contribution is -2.23. The van der Waals surface area contributed by atoms with Gasteiger partial charge in [0, 0.05) is 23.1 Å². The summed E-state index contributed by atoms with van der Waals surface area (Å²) < 4.78 is 0. The molecule has 0 saturated carbocycles. The number of fused-ring (bicyclic) bond motifs is 1. The van der Waals surface area contributed by atoms with Crippen molar-refractivity contribution in [1.29, 1.82) is 5.41 Å². The van der Waals surface area contributed by atoms with Gasteiger partial charge in [0.1, 0.15) is 0 Å². The van der Waals surface area contributed by atoms with Crippen molar-refractivity contribution < 1.29 is 0 Å². The average Bonchev–Trinajstić information content (AvgIpc) is 2.56. The SMILES string of the molecule is Cl.N=C(N=O)N(c1ccccc1)c1ccc2c(c1)CNC=C2. The highest BCUT2D eigenvalue weighted by molar-refractivity contribution is 6.01. The Kier molecular flexibility index (Phi) is 4.91. The minimum absolute atomic E-state index is 0. The topological polar surface area (TPSA) is 68.5 Å². The van der Waals surface area contributed by atoms with Crippen LogP contribution in [0.3, 0.4) is 0 Å². The van der Waals surface area contributed by atoms with E-state index in [-0.39, 0.29) is 18.4 Å². The van der Waals surface area contributed by atoms with Crippen LogP contribution in [-0.4, -0.2) is 5.96 Å². The molecule has 2 N–H and O–H groups in total. The largest absolute Gasteiger partial charge is 0.387 e. The molecule has 0 bridgehead atoms. The molecule has 2 aromatic rings. The Labute approximate surface area is 134 Å². The third kappa shape index (κ3) is 2.99. The molecule has 0 radical (unpaired) electrons. The second-order valence-electron chi connectivity index (χ2n) is 4.68. The third-order valence-electron chi connectivity index (χ3n) is 3.37. The maximum atomic E-state index is 10.8. The smallest absolute Gasteiger partial charge is 0.269 e. The molecule has 0 aliphatic carbocycles. The number of halogens is 1. The van der Waals surface area contributed by atoms with Crippen LogP contribution in [0.25, 0.3) is 6.08 Å². The van der Waals surface area contributed by atoms with Crippen molar-refractivity contribution in [2.24, 2.45) is 5.18 Å². The van der Waals surface area contributed by atoms with E-state index in [1.165, 1.54) is 4.90 Å². The predicted octanol–water partition coefficient (Wildman–Crippen LogP) is 4.02. The highest BCUT2D eigenvalue weighted by Gasteiger charge is 2.17. The Hall–Kier alpha value is -2.66. The summed E-state index contributed by atoms with van der Waals surface area (Å²) >= 11 is 0. The number of para-hydroxylation sites is 1. The van der Waals surface area contributed by atoms with E-state index >= 15 is 0 Å². The average molecular weight is 315 g/mol. The third-order valence-corrected chi connectivity index (χ3v) is 3.37. The van der Waals surface area contributed by atoms with Gasteiger partial charge < -0.3 is 5.32 Å². The second-order valence-corrected chi connectivity index (χ2v) is 4.68. The number of hydrogen-bond donors (Lipinski definition) is 2. The Morgan fingerprint density at radius 1 is 1.14 bits per heavy atom. The maximum Gasteiger partial charge on any atom is 0.269 e. The molecule has 0 fully saturated rings. The van der Waals surface area contributed by atoms with Crippen LogP contribution >= 0.6 is 12.4 Å². The van der Waals surface area contributed by atoms with Crippen molar-refractivity contribution in [3.63, 3.8) is 0 Å². The number of benzene rings is 2.